The van der Waals surface area contributed by atoms with E-state index in [1.54, 1.807) is 6.20 Å². The first-order chi connectivity index (χ1) is 8.44. The van der Waals surface area contributed by atoms with Gasteiger partial charge in [-0.15, -0.1) is 0 Å². The van der Waals surface area contributed by atoms with Crippen LogP contribution in [0.4, 0.5) is 5.69 Å². The molecule has 5 heteroatoms. The Hall–Kier alpha value is -1.88. The summed E-state index contributed by atoms with van der Waals surface area (Å²) >= 11 is 0. The number of benzene rings is 1. The summed E-state index contributed by atoms with van der Waals surface area (Å²) in [6.45, 7) is 3.83. The van der Waals surface area contributed by atoms with Crippen LogP contribution in [0.25, 0.3) is 10.9 Å². The summed E-state index contributed by atoms with van der Waals surface area (Å²) in [5.74, 6) is -0.0173. The van der Waals surface area contributed by atoms with Gasteiger partial charge in [-0.3, -0.25) is 9.89 Å². The molecular formula is C13H18N4O. The number of aromatic nitrogens is 2. The Kier molecular flexibility index (Phi) is 3.34. The highest BCUT2D eigenvalue weighted by Gasteiger charge is 2.13. The lowest BCUT2D eigenvalue weighted by Gasteiger charge is -2.17. The van der Waals surface area contributed by atoms with Crippen molar-refractivity contribution >= 4 is 22.5 Å². The van der Waals surface area contributed by atoms with E-state index in [0.717, 1.165) is 16.6 Å². The molecule has 2 aromatic rings. The van der Waals surface area contributed by atoms with Gasteiger partial charge in [0, 0.05) is 23.0 Å². The molecular weight excluding hydrogens is 228 g/mol. The molecule has 1 amide bonds. The first-order valence-corrected chi connectivity index (χ1v) is 5.96. The quantitative estimate of drug-likeness (QED) is 0.771. The Bertz CT molecular complexity index is 553. The van der Waals surface area contributed by atoms with Crippen molar-refractivity contribution in [3.63, 3.8) is 0 Å². The Morgan fingerprint density at radius 1 is 1.50 bits per heavy atom. The van der Waals surface area contributed by atoms with E-state index in [0.29, 0.717) is 12.8 Å². The second kappa shape index (κ2) is 4.78. The van der Waals surface area contributed by atoms with Crippen LogP contribution < -0.4 is 11.1 Å². The van der Waals surface area contributed by atoms with Crippen LogP contribution in [0.3, 0.4) is 0 Å². The molecule has 2 rings (SSSR count). The molecule has 0 unspecified atom stereocenters. The van der Waals surface area contributed by atoms with E-state index < -0.39 is 0 Å². The van der Waals surface area contributed by atoms with Crippen molar-refractivity contribution in [2.75, 3.05) is 5.32 Å². The molecule has 0 aliphatic heterocycles. The molecule has 0 bridgehead atoms. The number of fused-ring (bicyclic) bond motifs is 1. The zero-order valence-electron chi connectivity index (χ0n) is 10.7. The Labute approximate surface area is 106 Å². The summed E-state index contributed by atoms with van der Waals surface area (Å²) in [6.07, 6.45) is 2.81. The van der Waals surface area contributed by atoms with Gasteiger partial charge in [-0.2, -0.15) is 5.10 Å². The number of aromatic amines is 1. The molecule has 0 fully saturated rings. The molecule has 0 spiro atoms. The topological polar surface area (TPSA) is 83.8 Å². The van der Waals surface area contributed by atoms with E-state index in [2.05, 4.69) is 15.5 Å². The first-order valence-electron chi connectivity index (χ1n) is 5.96. The third-order valence-corrected chi connectivity index (χ3v) is 2.72. The van der Waals surface area contributed by atoms with Gasteiger partial charge in [0.05, 0.1) is 11.7 Å². The molecule has 0 radical (unpaired) electrons. The fourth-order valence-corrected chi connectivity index (χ4v) is 1.68. The van der Waals surface area contributed by atoms with Crippen LogP contribution in [0.2, 0.25) is 0 Å². The maximum absolute atomic E-state index is 11.7. The largest absolute Gasteiger partial charge is 0.326 e. The molecule has 1 heterocycles. The number of rotatable bonds is 4. The van der Waals surface area contributed by atoms with Crippen molar-refractivity contribution in [2.24, 2.45) is 5.73 Å². The Balaban J connectivity index is 1.98. The van der Waals surface area contributed by atoms with Crippen LogP contribution in [-0.4, -0.2) is 21.6 Å². The molecule has 5 nitrogen and oxygen atoms in total. The molecule has 0 aliphatic carbocycles. The number of amides is 1. The minimum atomic E-state index is -0.314. The summed E-state index contributed by atoms with van der Waals surface area (Å²) in [4.78, 5) is 11.7. The van der Waals surface area contributed by atoms with Gasteiger partial charge in [-0.1, -0.05) is 0 Å². The molecule has 96 valence electrons. The normalized spacial score (nSPS) is 11.7. The van der Waals surface area contributed by atoms with Crippen LogP contribution >= 0.6 is 0 Å². The molecule has 0 aliphatic rings. The number of anilines is 1. The predicted octanol–water partition coefficient (Wildman–Crippen LogP) is 2.02. The Morgan fingerprint density at radius 2 is 2.28 bits per heavy atom. The SMILES string of the molecule is CC(C)(N)CCC(=O)Nc1ccc2[nH]ncc2c1. The smallest absolute Gasteiger partial charge is 0.224 e. The van der Waals surface area contributed by atoms with Crippen molar-refractivity contribution in [1.82, 2.24) is 10.2 Å². The van der Waals surface area contributed by atoms with Gasteiger partial charge in [0.2, 0.25) is 5.91 Å². The summed E-state index contributed by atoms with van der Waals surface area (Å²) in [5.41, 5.74) is 7.27. The van der Waals surface area contributed by atoms with Crippen molar-refractivity contribution < 1.29 is 4.79 Å². The summed E-state index contributed by atoms with van der Waals surface area (Å²) < 4.78 is 0. The fraction of sp³-hybridized carbons (Fsp3) is 0.385. The lowest BCUT2D eigenvalue weighted by molar-refractivity contribution is -0.116. The van der Waals surface area contributed by atoms with E-state index in [4.69, 9.17) is 5.73 Å². The summed E-state index contributed by atoms with van der Waals surface area (Å²) in [6, 6.07) is 5.64. The van der Waals surface area contributed by atoms with Gasteiger partial charge < -0.3 is 11.1 Å². The third-order valence-electron chi connectivity index (χ3n) is 2.72. The van der Waals surface area contributed by atoms with Crippen molar-refractivity contribution in [2.45, 2.75) is 32.2 Å². The van der Waals surface area contributed by atoms with Crippen LogP contribution in [0, 0.1) is 0 Å². The minimum Gasteiger partial charge on any atom is -0.326 e. The number of carbonyl (C=O) groups is 1. The third kappa shape index (κ3) is 3.30. The molecule has 0 saturated carbocycles. The van der Waals surface area contributed by atoms with Crippen molar-refractivity contribution in [1.29, 1.82) is 0 Å². The lowest BCUT2D eigenvalue weighted by atomic mass is 10.00. The minimum absolute atomic E-state index is 0.0173. The van der Waals surface area contributed by atoms with Crippen LogP contribution in [0.15, 0.2) is 24.4 Å². The second-order valence-corrected chi connectivity index (χ2v) is 5.21. The molecule has 18 heavy (non-hydrogen) atoms. The highest BCUT2D eigenvalue weighted by Crippen LogP contribution is 2.17. The number of nitrogens with two attached hydrogens (primary N) is 1. The predicted molar refractivity (Wildman–Crippen MR) is 72.2 cm³/mol. The van der Waals surface area contributed by atoms with E-state index in [1.807, 2.05) is 32.0 Å². The van der Waals surface area contributed by atoms with E-state index >= 15 is 0 Å². The maximum atomic E-state index is 11.7. The second-order valence-electron chi connectivity index (χ2n) is 5.21. The van der Waals surface area contributed by atoms with Crippen LogP contribution in [-0.2, 0) is 4.79 Å². The fourth-order valence-electron chi connectivity index (χ4n) is 1.68. The number of carbonyl (C=O) groups excluding carboxylic acids is 1. The van der Waals surface area contributed by atoms with Gasteiger partial charge in [-0.05, 0) is 38.5 Å². The zero-order chi connectivity index (χ0) is 13.2. The van der Waals surface area contributed by atoms with Crippen LogP contribution in [0.5, 0.6) is 0 Å². The zero-order valence-corrected chi connectivity index (χ0v) is 10.7. The number of H-pyrrole nitrogens is 1. The number of nitrogens with one attached hydrogen (secondary N) is 2. The first kappa shape index (κ1) is 12.6. The maximum Gasteiger partial charge on any atom is 0.224 e. The summed E-state index contributed by atoms with van der Waals surface area (Å²) in [5, 5.41) is 10.6. The van der Waals surface area contributed by atoms with E-state index in [1.165, 1.54) is 0 Å². The molecule has 1 aromatic heterocycles. The highest BCUT2D eigenvalue weighted by atomic mass is 16.1. The average Bonchev–Trinajstić information content (AvgIpc) is 2.72. The molecule has 1 aromatic carbocycles. The van der Waals surface area contributed by atoms with E-state index in [9.17, 15) is 4.79 Å². The highest BCUT2D eigenvalue weighted by molar-refractivity contribution is 5.93. The van der Waals surface area contributed by atoms with Crippen molar-refractivity contribution in [3.8, 4) is 0 Å². The van der Waals surface area contributed by atoms with Gasteiger partial charge in [-0.25, -0.2) is 0 Å². The van der Waals surface area contributed by atoms with E-state index in [-0.39, 0.29) is 11.4 Å². The summed E-state index contributed by atoms with van der Waals surface area (Å²) in [7, 11) is 0. The average molecular weight is 246 g/mol. The standard InChI is InChI=1S/C13H18N4O/c1-13(2,14)6-5-12(18)16-10-3-4-11-9(7-10)8-15-17-11/h3-4,7-8H,5-6,14H2,1-2H3,(H,15,17)(H,16,18). The lowest BCUT2D eigenvalue weighted by Crippen LogP contribution is -2.33. The van der Waals surface area contributed by atoms with Gasteiger partial charge in [0.1, 0.15) is 0 Å². The number of nitrogens with zero attached hydrogens (tertiary/aromatic N) is 1. The van der Waals surface area contributed by atoms with Crippen LogP contribution in [0.1, 0.15) is 26.7 Å². The van der Waals surface area contributed by atoms with Gasteiger partial charge >= 0.3 is 0 Å². The van der Waals surface area contributed by atoms with Gasteiger partial charge in [0.15, 0.2) is 0 Å². The monoisotopic (exact) mass is 246 g/mol. The number of hydrogen-bond donors (Lipinski definition) is 3. The van der Waals surface area contributed by atoms with Crippen molar-refractivity contribution in [3.05, 3.63) is 24.4 Å². The number of hydrogen-bond acceptors (Lipinski definition) is 3. The molecule has 4 N–H and O–H groups in total. The Morgan fingerprint density at radius 3 is 3.00 bits per heavy atom. The van der Waals surface area contributed by atoms with Gasteiger partial charge in [0.25, 0.3) is 0 Å². The molecule has 0 saturated heterocycles. The molecule has 0 atom stereocenters.